The van der Waals surface area contributed by atoms with Crippen LogP contribution in [0.4, 0.5) is 0 Å². The number of aromatic nitrogens is 2. The van der Waals surface area contributed by atoms with Gasteiger partial charge in [-0.15, -0.1) is 0 Å². The van der Waals surface area contributed by atoms with Gasteiger partial charge in [-0.05, 0) is 113 Å². The zero-order chi connectivity index (χ0) is 47.4. The highest BCUT2D eigenvalue weighted by Gasteiger charge is 2.42. The van der Waals surface area contributed by atoms with Crippen molar-refractivity contribution in [2.75, 3.05) is 0 Å². The van der Waals surface area contributed by atoms with E-state index < -0.39 is 0 Å². The van der Waals surface area contributed by atoms with Crippen LogP contribution in [0.15, 0.2) is 170 Å². The van der Waals surface area contributed by atoms with Gasteiger partial charge < -0.3 is 0 Å². The van der Waals surface area contributed by atoms with Gasteiger partial charge in [0.25, 0.3) is 0 Å². The van der Waals surface area contributed by atoms with Gasteiger partial charge in [0.05, 0.1) is 11.4 Å². The standard InChI is InChI=1S/C67H70N2/c1-5-7-9-11-13-21-41-67(42-22-14-12-10-8-6-2)62-43-50(4)29-39-60(62)61-40-38-56(47-63(61)67)58-44-57(53-36-34-52(35-37-53)33-32-51-30-27-49(3)28-31-51)45-59(46-58)66-68-64(54-23-17-15-18-24-54)48-65(69-66)55-25-19-16-20-26-55/h15-20,23-40,43-48H,5-14,21-22,41-42H2,1-4H3/b33-32+. The van der Waals surface area contributed by atoms with Crippen molar-refractivity contribution in [2.45, 2.75) is 123 Å². The second-order valence-electron chi connectivity index (χ2n) is 19.8. The fourth-order valence-corrected chi connectivity index (χ4v) is 10.7. The summed E-state index contributed by atoms with van der Waals surface area (Å²) in [6.07, 6.45) is 22.5. The van der Waals surface area contributed by atoms with Crippen LogP contribution in [0.2, 0.25) is 0 Å². The average molecular weight is 903 g/mol. The van der Waals surface area contributed by atoms with Crippen molar-refractivity contribution in [1.82, 2.24) is 9.97 Å². The minimum atomic E-state index is -0.0116. The van der Waals surface area contributed by atoms with Gasteiger partial charge in [0.15, 0.2) is 5.82 Å². The van der Waals surface area contributed by atoms with Crippen LogP contribution in [0, 0.1) is 13.8 Å². The van der Waals surface area contributed by atoms with Gasteiger partial charge in [0.1, 0.15) is 0 Å². The number of benzene rings is 7. The Morgan fingerprint density at radius 3 is 1.38 bits per heavy atom. The van der Waals surface area contributed by atoms with Gasteiger partial charge >= 0.3 is 0 Å². The van der Waals surface area contributed by atoms with Crippen molar-refractivity contribution in [3.63, 3.8) is 0 Å². The molecule has 0 fully saturated rings. The molecule has 2 nitrogen and oxygen atoms in total. The number of hydrogen-bond acceptors (Lipinski definition) is 2. The molecule has 8 aromatic rings. The molecule has 7 aromatic carbocycles. The maximum Gasteiger partial charge on any atom is 0.160 e. The number of rotatable bonds is 21. The molecule has 0 saturated heterocycles. The van der Waals surface area contributed by atoms with Crippen molar-refractivity contribution in [3.8, 4) is 67.3 Å². The van der Waals surface area contributed by atoms with Gasteiger partial charge in [-0.3, -0.25) is 0 Å². The van der Waals surface area contributed by atoms with E-state index in [-0.39, 0.29) is 5.41 Å². The first-order chi connectivity index (χ1) is 33.9. The molecule has 1 aliphatic carbocycles. The van der Waals surface area contributed by atoms with Crippen molar-refractivity contribution in [1.29, 1.82) is 0 Å². The van der Waals surface area contributed by atoms with Crippen LogP contribution in [-0.2, 0) is 5.41 Å². The largest absolute Gasteiger partial charge is 0.228 e. The second kappa shape index (κ2) is 22.6. The van der Waals surface area contributed by atoms with Gasteiger partial charge in [0.2, 0.25) is 0 Å². The zero-order valence-corrected chi connectivity index (χ0v) is 41.6. The molecule has 69 heavy (non-hydrogen) atoms. The van der Waals surface area contributed by atoms with Crippen molar-refractivity contribution in [3.05, 3.63) is 203 Å². The van der Waals surface area contributed by atoms with Gasteiger partial charge in [-0.1, -0.05) is 254 Å². The van der Waals surface area contributed by atoms with E-state index in [9.17, 15) is 0 Å². The van der Waals surface area contributed by atoms with E-state index in [1.54, 1.807) is 5.56 Å². The number of nitrogens with zero attached hydrogens (tertiary/aromatic N) is 2. The molecule has 0 spiro atoms. The molecule has 2 heteroatoms. The lowest BCUT2D eigenvalue weighted by Crippen LogP contribution is -2.25. The van der Waals surface area contributed by atoms with Crippen LogP contribution in [0.25, 0.3) is 79.4 Å². The molecule has 0 N–H and O–H groups in total. The minimum Gasteiger partial charge on any atom is -0.228 e. The Balaban J connectivity index is 1.17. The minimum absolute atomic E-state index is 0.0116. The highest BCUT2D eigenvalue weighted by Crippen LogP contribution is 2.55. The third kappa shape index (κ3) is 11.3. The third-order valence-electron chi connectivity index (χ3n) is 14.6. The van der Waals surface area contributed by atoms with E-state index in [0.717, 1.165) is 45.0 Å². The SMILES string of the molecule is CCCCCCCCC1(CCCCCCCC)c2cc(C)ccc2-c2ccc(-c3cc(-c4ccc(/C=C/c5ccc(C)cc5)cc4)cc(-c4nc(-c5ccccc5)cc(-c5ccccc5)n4)c3)cc21. The lowest BCUT2D eigenvalue weighted by molar-refractivity contribution is 0.398. The predicted octanol–water partition coefficient (Wildman–Crippen LogP) is 19.4. The zero-order valence-electron chi connectivity index (χ0n) is 41.6. The monoisotopic (exact) mass is 903 g/mol. The molecule has 0 amide bonds. The quantitative estimate of drug-likeness (QED) is 0.0530. The lowest BCUT2D eigenvalue weighted by atomic mass is 9.70. The van der Waals surface area contributed by atoms with E-state index in [1.807, 2.05) is 0 Å². The molecule has 0 aliphatic heterocycles. The molecule has 0 radical (unpaired) electrons. The Hall–Kier alpha value is -6.64. The molecule has 348 valence electrons. The summed E-state index contributed by atoms with van der Waals surface area (Å²) < 4.78 is 0. The maximum atomic E-state index is 5.36. The van der Waals surface area contributed by atoms with Crippen LogP contribution in [-0.4, -0.2) is 9.97 Å². The van der Waals surface area contributed by atoms with E-state index in [1.165, 1.54) is 140 Å². The van der Waals surface area contributed by atoms with Crippen LogP contribution in [0.5, 0.6) is 0 Å². The molecule has 0 atom stereocenters. The van der Waals surface area contributed by atoms with Crippen molar-refractivity contribution < 1.29 is 0 Å². The summed E-state index contributed by atoms with van der Waals surface area (Å²) in [5, 5.41) is 0. The van der Waals surface area contributed by atoms with Crippen LogP contribution >= 0.6 is 0 Å². The summed E-state index contributed by atoms with van der Waals surface area (Å²) in [7, 11) is 0. The van der Waals surface area contributed by atoms with Crippen molar-refractivity contribution in [2.24, 2.45) is 0 Å². The second-order valence-corrected chi connectivity index (χ2v) is 19.8. The summed E-state index contributed by atoms with van der Waals surface area (Å²) in [4.78, 5) is 10.7. The molecular weight excluding hydrogens is 833 g/mol. The molecule has 1 aliphatic rings. The summed E-state index contributed by atoms with van der Waals surface area (Å²) >= 11 is 0. The summed E-state index contributed by atoms with van der Waals surface area (Å²) in [6.45, 7) is 9.05. The molecule has 0 unspecified atom stereocenters. The Kier molecular flexibility index (Phi) is 15.6. The van der Waals surface area contributed by atoms with Crippen LogP contribution < -0.4 is 0 Å². The maximum absolute atomic E-state index is 5.36. The molecule has 0 saturated carbocycles. The normalized spacial score (nSPS) is 12.6. The first-order valence-electron chi connectivity index (χ1n) is 26.2. The number of hydrogen-bond donors (Lipinski definition) is 0. The van der Waals surface area contributed by atoms with Crippen molar-refractivity contribution >= 4 is 12.2 Å². The van der Waals surface area contributed by atoms with E-state index in [0.29, 0.717) is 0 Å². The smallest absolute Gasteiger partial charge is 0.160 e. The van der Waals surface area contributed by atoms with Crippen LogP contribution in [0.3, 0.4) is 0 Å². The highest BCUT2D eigenvalue weighted by atomic mass is 14.9. The summed E-state index contributed by atoms with van der Waals surface area (Å²) in [5.41, 5.74) is 20.6. The van der Waals surface area contributed by atoms with Crippen LogP contribution in [0.1, 0.15) is 137 Å². The van der Waals surface area contributed by atoms with E-state index in [2.05, 4.69) is 210 Å². The fraction of sp³-hybridized carbons (Fsp3) is 0.284. The summed E-state index contributed by atoms with van der Waals surface area (Å²) in [5.74, 6) is 0.723. The Labute approximate surface area is 413 Å². The average Bonchev–Trinajstić information content (AvgIpc) is 3.66. The predicted molar refractivity (Wildman–Crippen MR) is 296 cm³/mol. The Morgan fingerprint density at radius 1 is 0.362 bits per heavy atom. The fourth-order valence-electron chi connectivity index (χ4n) is 10.7. The molecule has 0 bridgehead atoms. The van der Waals surface area contributed by atoms with E-state index in [4.69, 9.17) is 9.97 Å². The van der Waals surface area contributed by atoms with Gasteiger partial charge in [-0.2, -0.15) is 0 Å². The third-order valence-corrected chi connectivity index (χ3v) is 14.6. The molecular formula is C67H70N2. The highest BCUT2D eigenvalue weighted by molar-refractivity contribution is 5.87. The first-order valence-corrected chi connectivity index (χ1v) is 26.2. The molecule has 1 heterocycles. The summed E-state index contributed by atoms with van der Waals surface area (Å²) in [6, 6.07) is 62.6. The first kappa shape index (κ1) is 47.4. The number of fused-ring (bicyclic) bond motifs is 3. The Bertz CT molecular complexity index is 2890. The number of aryl methyl sites for hydroxylation is 2. The van der Waals surface area contributed by atoms with Gasteiger partial charge in [0, 0.05) is 22.1 Å². The topological polar surface area (TPSA) is 25.8 Å². The Morgan fingerprint density at radius 2 is 0.812 bits per heavy atom. The van der Waals surface area contributed by atoms with Gasteiger partial charge in [-0.25, -0.2) is 9.97 Å². The molecule has 1 aromatic heterocycles. The molecule has 9 rings (SSSR count). The lowest BCUT2D eigenvalue weighted by Gasteiger charge is -2.33. The van der Waals surface area contributed by atoms with E-state index >= 15 is 0 Å². The number of unbranched alkanes of at least 4 members (excludes halogenated alkanes) is 10.